The minimum Gasteiger partial charge on any atom is -0.496 e. The molecule has 178 valence electrons. The predicted molar refractivity (Wildman–Crippen MR) is 139 cm³/mol. The molecule has 0 aliphatic heterocycles. The number of hydrogen-bond acceptors (Lipinski definition) is 5. The second-order valence-corrected chi connectivity index (χ2v) is 10.5. The first-order valence-corrected chi connectivity index (χ1v) is 13.0. The first kappa shape index (κ1) is 24.7. The van der Waals surface area contributed by atoms with Gasteiger partial charge < -0.3 is 10.1 Å². The van der Waals surface area contributed by atoms with Gasteiger partial charge in [-0.2, -0.15) is 0 Å². The van der Waals surface area contributed by atoms with Crippen molar-refractivity contribution in [3.05, 3.63) is 94.6 Å². The maximum absolute atomic E-state index is 13.4. The van der Waals surface area contributed by atoms with Crippen molar-refractivity contribution in [1.29, 1.82) is 0 Å². The van der Waals surface area contributed by atoms with Gasteiger partial charge in [0, 0.05) is 39.9 Å². The van der Waals surface area contributed by atoms with Crippen LogP contribution in [0.4, 0.5) is 5.69 Å². The molecule has 4 aromatic rings. The lowest BCUT2D eigenvalue weighted by Gasteiger charge is -2.15. The lowest BCUT2D eigenvalue weighted by Crippen LogP contribution is -2.14. The van der Waals surface area contributed by atoms with Gasteiger partial charge in [-0.25, -0.2) is 8.42 Å². The number of nitrogens with zero attached hydrogens (tertiary/aromatic N) is 1. The van der Waals surface area contributed by atoms with E-state index in [9.17, 15) is 13.2 Å². The number of anilines is 1. The van der Waals surface area contributed by atoms with Crippen LogP contribution < -0.4 is 10.1 Å². The number of sulfone groups is 1. The van der Waals surface area contributed by atoms with E-state index in [-0.39, 0.29) is 10.5 Å². The highest BCUT2D eigenvalue weighted by molar-refractivity contribution is 7.90. The molecule has 1 heterocycles. The molecule has 6 nitrogen and oxygen atoms in total. The third-order valence-electron chi connectivity index (χ3n) is 5.28. The van der Waals surface area contributed by atoms with E-state index in [0.717, 1.165) is 6.26 Å². The number of aromatic nitrogens is 1. The summed E-state index contributed by atoms with van der Waals surface area (Å²) in [7, 11) is -2.05. The highest BCUT2D eigenvalue weighted by Crippen LogP contribution is 2.37. The first-order chi connectivity index (χ1) is 16.7. The number of nitrogens with one attached hydrogen (secondary N) is 1. The van der Waals surface area contributed by atoms with Gasteiger partial charge in [-0.15, -0.1) is 0 Å². The van der Waals surface area contributed by atoms with Gasteiger partial charge in [0.1, 0.15) is 5.75 Å². The first-order valence-electron chi connectivity index (χ1n) is 10.4. The summed E-state index contributed by atoms with van der Waals surface area (Å²) in [4.78, 5) is 17.8. The van der Waals surface area contributed by atoms with Crippen molar-refractivity contribution in [1.82, 2.24) is 4.98 Å². The molecular formula is C26H20Cl2N2O4S. The number of hydrogen-bond donors (Lipinski definition) is 1. The van der Waals surface area contributed by atoms with Gasteiger partial charge >= 0.3 is 0 Å². The molecule has 35 heavy (non-hydrogen) atoms. The van der Waals surface area contributed by atoms with Gasteiger partial charge in [-0.3, -0.25) is 9.78 Å². The van der Waals surface area contributed by atoms with Crippen LogP contribution in [0.1, 0.15) is 10.4 Å². The molecule has 1 amide bonds. The summed E-state index contributed by atoms with van der Waals surface area (Å²) < 4.78 is 29.9. The number of methoxy groups -OCH3 is 1. The molecule has 0 spiro atoms. The number of carbonyl (C=O) groups is 1. The summed E-state index contributed by atoms with van der Waals surface area (Å²) in [6, 6.07) is 19.8. The van der Waals surface area contributed by atoms with Gasteiger partial charge in [0.25, 0.3) is 5.91 Å². The van der Waals surface area contributed by atoms with Gasteiger partial charge in [-0.1, -0.05) is 29.3 Å². The van der Waals surface area contributed by atoms with Gasteiger partial charge in [-0.05, 0) is 72.3 Å². The molecule has 0 saturated heterocycles. The number of pyridine rings is 1. The summed E-state index contributed by atoms with van der Waals surface area (Å²) in [6.45, 7) is 0. The molecule has 0 aliphatic carbocycles. The topological polar surface area (TPSA) is 85.4 Å². The van der Waals surface area contributed by atoms with Crippen molar-refractivity contribution < 1.29 is 17.9 Å². The van der Waals surface area contributed by atoms with E-state index in [0.29, 0.717) is 43.9 Å². The Balaban J connectivity index is 1.79. The smallest absolute Gasteiger partial charge is 0.256 e. The highest BCUT2D eigenvalue weighted by atomic mass is 35.5. The van der Waals surface area contributed by atoms with Crippen molar-refractivity contribution in [3.8, 4) is 28.1 Å². The zero-order chi connectivity index (χ0) is 25.2. The van der Waals surface area contributed by atoms with Gasteiger partial charge in [0.15, 0.2) is 9.84 Å². The Labute approximate surface area is 213 Å². The van der Waals surface area contributed by atoms with E-state index in [1.54, 1.807) is 48.7 Å². The van der Waals surface area contributed by atoms with Crippen LogP contribution in [0, 0.1) is 0 Å². The van der Waals surface area contributed by atoms with Crippen LogP contribution in [0.2, 0.25) is 10.0 Å². The Hall–Kier alpha value is -3.39. The zero-order valence-corrected chi connectivity index (χ0v) is 21.1. The Bertz CT molecular complexity index is 1520. The van der Waals surface area contributed by atoms with E-state index in [1.807, 2.05) is 12.1 Å². The molecule has 1 aromatic heterocycles. The molecule has 9 heteroatoms. The second-order valence-electron chi connectivity index (χ2n) is 7.69. The fraction of sp³-hybridized carbons (Fsp3) is 0.0769. The second kappa shape index (κ2) is 10.1. The van der Waals surface area contributed by atoms with Gasteiger partial charge in [0.05, 0.1) is 22.7 Å². The average molecular weight is 527 g/mol. The Morgan fingerprint density at radius 3 is 2.40 bits per heavy atom. The number of rotatable bonds is 6. The number of carbonyl (C=O) groups excluding carboxylic acids is 1. The minimum atomic E-state index is -3.53. The predicted octanol–water partition coefficient (Wildman–Crippen LogP) is 6.39. The lowest BCUT2D eigenvalue weighted by molar-refractivity contribution is 0.102. The fourth-order valence-electron chi connectivity index (χ4n) is 3.59. The summed E-state index contributed by atoms with van der Waals surface area (Å²) in [5.74, 6) is -0.00518. The van der Waals surface area contributed by atoms with Crippen LogP contribution in [0.25, 0.3) is 22.4 Å². The van der Waals surface area contributed by atoms with Crippen molar-refractivity contribution >= 4 is 44.6 Å². The quantitative estimate of drug-likeness (QED) is 0.314. The molecule has 0 unspecified atom stereocenters. The summed E-state index contributed by atoms with van der Waals surface area (Å²) in [5.41, 5.74) is 2.91. The normalized spacial score (nSPS) is 11.2. The summed E-state index contributed by atoms with van der Waals surface area (Å²) in [6.07, 6.45) is 2.76. The molecule has 0 saturated carbocycles. The molecule has 1 N–H and O–H groups in total. The number of benzene rings is 3. The largest absolute Gasteiger partial charge is 0.496 e. The van der Waals surface area contributed by atoms with Crippen LogP contribution in [-0.4, -0.2) is 32.7 Å². The third-order valence-corrected chi connectivity index (χ3v) is 6.96. The van der Waals surface area contributed by atoms with Crippen LogP contribution in [-0.2, 0) is 9.84 Å². The third kappa shape index (κ3) is 5.48. The van der Waals surface area contributed by atoms with Crippen LogP contribution in [0.15, 0.2) is 83.9 Å². The fourth-order valence-corrected chi connectivity index (χ4v) is 4.62. The Kier molecular flexibility index (Phi) is 7.12. The van der Waals surface area contributed by atoms with Crippen molar-refractivity contribution in [3.63, 3.8) is 0 Å². The number of ether oxygens (including phenoxy) is 1. The Morgan fingerprint density at radius 1 is 0.914 bits per heavy atom. The van der Waals surface area contributed by atoms with E-state index in [2.05, 4.69) is 10.3 Å². The molecule has 0 aliphatic rings. The standard InChI is InChI=1S/C26H20Cl2N2O4S/c1-34-25-11-6-16(27)13-21(25)20-15-18(35(2,32)33)8-9-19(20)26(31)30-17-7-10-23(28)22(14-17)24-5-3-4-12-29-24/h3-15H,1-2H3,(H,30,31). The molecule has 4 rings (SSSR count). The van der Waals surface area contributed by atoms with Crippen molar-refractivity contribution in [2.24, 2.45) is 0 Å². The van der Waals surface area contributed by atoms with Crippen molar-refractivity contribution in [2.45, 2.75) is 4.90 Å². The average Bonchev–Trinajstić information content (AvgIpc) is 2.84. The van der Waals surface area contributed by atoms with E-state index < -0.39 is 15.7 Å². The van der Waals surface area contributed by atoms with Gasteiger partial charge in [0.2, 0.25) is 0 Å². The summed E-state index contributed by atoms with van der Waals surface area (Å²) in [5, 5.41) is 3.77. The van der Waals surface area contributed by atoms with Crippen LogP contribution in [0.5, 0.6) is 5.75 Å². The SMILES string of the molecule is COc1ccc(Cl)cc1-c1cc(S(C)(=O)=O)ccc1C(=O)Nc1ccc(Cl)c(-c2ccccn2)c1. The molecule has 0 radical (unpaired) electrons. The monoisotopic (exact) mass is 526 g/mol. The molecule has 0 fully saturated rings. The van der Waals surface area contributed by atoms with Crippen LogP contribution in [0.3, 0.4) is 0 Å². The molecule has 3 aromatic carbocycles. The maximum atomic E-state index is 13.4. The minimum absolute atomic E-state index is 0.0648. The van der Waals surface area contributed by atoms with Crippen LogP contribution >= 0.6 is 23.2 Å². The lowest BCUT2D eigenvalue weighted by atomic mass is 9.98. The number of halogens is 2. The number of amides is 1. The summed E-state index contributed by atoms with van der Waals surface area (Å²) >= 11 is 12.6. The highest BCUT2D eigenvalue weighted by Gasteiger charge is 2.20. The Morgan fingerprint density at radius 2 is 1.71 bits per heavy atom. The zero-order valence-electron chi connectivity index (χ0n) is 18.7. The van der Waals surface area contributed by atoms with E-state index >= 15 is 0 Å². The van der Waals surface area contributed by atoms with E-state index in [1.165, 1.54) is 25.3 Å². The maximum Gasteiger partial charge on any atom is 0.256 e. The van der Waals surface area contributed by atoms with E-state index in [4.69, 9.17) is 27.9 Å². The van der Waals surface area contributed by atoms with Crippen molar-refractivity contribution in [2.75, 3.05) is 18.7 Å². The molecular weight excluding hydrogens is 507 g/mol. The molecule has 0 atom stereocenters. The molecule has 0 bridgehead atoms.